The van der Waals surface area contributed by atoms with Crippen LogP contribution in [0.2, 0.25) is 0 Å². The number of unbranched alkanes of at least 4 members (excludes halogenated alkanes) is 5. The summed E-state index contributed by atoms with van der Waals surface area (Å²) in [6.07, 6.45) is 9.58. The molecule has 1 rings (SSSR count). The summed E-state index contributed by atoms with van der Waals surface area (Å²) < 4.78 is 6.04. The number of carbonyl (C=O) groups is 2. The van der Waals surface area contributed by atoms with Gasteiger partial charge in [-0.05, 0) is 62.1 Å². The second kappa shape index (κ2) is 14.1. The second-order valence-electron chi connectivity index (χ2n) is 7.00. The molecule has 0 amide bonds. The quantitative estimate of drug-likeness (QED) is 0.384. The number of carboxylic acid groups (broad SMARTS) is 2. The van der Waals surface area contributed by atoms with E-state index >= 15 is 0 Å². The van der Waals surface area contributed by atoms with Crippen molar-refractivity contribution >= 4 is 11.9 Å². The van der Waals surface area contributed by atoms with E-state index in [9.17, 15) is 9.59 Å². The molecule has 1 aromatic rings. The largest absolute Gasteiger partial charge is 0.493 e. The molecule has 0 fully saturated rings. The summed E-state index contributed by atoms with van der Waals surface area (Å²) in [6.45, 7) is 2.88. The third-order valence-corrected chi connectivity index (χ3v) is 4.64. The molecule has 0 saturated carbocycles. The van der Waals surface area contributed by atoms with Gasteiger partial charge in [-0.25, -0.2) is 0 Å². The van der Waals surface area contributed by atoms with E-state index in [0.717, 1.165) is 43.4 Å². The van der Waals surface area contributed by atoms with Gasteiger partial charge in [0.1, 0.15) is 5.75 Å². The number of aliphatic carboxylic acids is 2. The molecule has 152 valence electrons. The lowest BCUT2D eigenvalue weighted by Crippen LogP contribution is -2.04. The molecule has 0 unspecified atom stereocenters. The van der Waals surface area contributed by atoms with Crippen molar-refractivity contribution < 1.29 is 24.5 Å². The molecule has 0 saturated heterocycles. The Bertz CT molecular complexity index is 568. The van der Waals surface area contributed by atoms with Gasteiger partial charge in [0.05, 0.1) is 6.61 Å². The minimum absolute atomic E-state index is 0.188. The Kier molecular flexibility index (Phi) is 12.0. The first-order chi connectivity index (χ1) is 13.0. The smallest absolute Gasteiger partial charge is 0.303 e. The van der Waals surface area contributed by atoms with Gasteiger partial charge in [0, 0.05) is 12.8 Å². The van der Waals surface area contributed by atoms with Crippen LogP contribution in [0.1, 0.15) is 82.3 Å². The molecule has 0 aliphatic rings. The van der Waals surface area contributed by atoms with Crippen molar-refractivity contribution in [3.8, 4) is 5.75 Å². The lowest BCUT2D eigenvalue weighted by molar-refractivity contribution is -0.138. The Hall–Kier alpha value is -2.04. The zero-order chi connectivity index (χ0) is 19.9. The predicted molar refractivity (Wildman–Crippen MR) is 106 cm³/mol. The van der Waals surface area contributed by atoms with Gasteiger partial charge in [-0.2, -0.15) is 0 Å². The van der Waals surface area contributed by atoms with E-state index in [2.05, 4.69) is 13.0 Å². The zero-order valence-corrected chi connectivity index (χ0v) is 16.5. The van der Waals surface area contributed by atoms with Crippen molar-refractivity contribution in [1.29, 1.82) is 0 Å². The van der Waals surface area contributed by atoms with Crippen LogP contribution in [0.15, 0.2) is 18.2 Å². The van der Waals surface area contributed by atoms with Gasteiger partial charge in [-0.1, -0.05) is 38.3 Å². The van der Waals surface area contributed by atoms with Crippen molar-refractivity contribution in [2.45, 2.75) is 84.0 Å². The summed E-state index contributed by atoms with van der Waals surface area (Å²) in [7, 11) is 0. The highest BCUT2D eigenvalue weighted by molar-refractivity contribution is 5.66. The first-order valence-electron chi connectivity index (χ1n) is 10.2. The molecular weight excluding hydrogens is 344 g/mol. The van der Waals surface area contributed by atoms with Crippen molar-refractivity contribution in [1.82, 2.24) is 0 Å². The van der Waals surface area contributed by atoms with Crippen LogP contribution in [-0.2, 0) is 22.4 Å². The van der Waals surface area contributed by atoms with E-state index in [4.69, 9.17) is 14.9 Å². The highest BCUT2D eigenvalue weighted by Crippen LogP contribution is 2.27. The van der Waals surface area contributed by atoms with Gasteiger partial charge in [0.25, 0.3) is 0 Å². The van der Waals surface area contributed by atoms with Crippen LogP contribution in [-0.4, -0.2) is 28.8 Å². The number of rotatable bonds is 16. The molecule has 0 heterocycles. The first kappa shape index (κ1) is 23.0. The molecule has 0 aromatic heterocycles. The third-order valence-electron chi connectivity index (χ3n) is 4.64. The molecule has 2 N–H and O–H groups in total. The zero-order valence-electron chi connectivity index (χ0n) is 16.5. The van der Waals surface area contributed by atoms with Gasteiger partial charge in [-0.15, -0.1) is 0 Å². The fraction of sp³-hybridized carbons (Fsp3) is 0.636. The summed E-state index contributed by atoms with van der Waals surface area (Å²) in [5, 5.41) is 17.6. The summed E-state index contributed by atoms with van der Waals surface area (Å²) in [6, 6.07) is 6.07. The standard InChI is InChI=1S/C22H34O5/c1-2-3-4-9-17-27-20-14-10-12-18(11-5-7-15-21(23)24)19(20)13-6-8-16-22(25)26/h10,12,14H,2-9,11,13,15-17H2,1H3,(H,23,24)(H,25,26). The minimum atomic E-state index is -0.760. The Morgan fingerprint density at radius 3 is 2.15 bits per heavy atom. The van der Waals surface area contributed by atoms with Crippen LogP contribution in [0.3, 0.4) is 0 Å². The SMILES string of the molecule is CCCCCCOc1cccc(CCCCC(=O)O)c1CCCCC(=O)O. The summed E-state index contributed by atoms with van der Waals surface area (Å²) in [5.41, 5.74) is 2.36. The van der Waals surface area contributed by atoms with Crippen LogP contribution < -0.4 is 4.74 Å². The molecule has 0 atom stereocenters. The molecule has 0 bridgehead atoms. The van der Waals surface area contributed by atoms with Gasteiger partial charge < -0.3 is 14.9 Å². The number of carboxylic acids is 2. The fourth-order valence-electron chi connectivity index (χ4n) is 3.14. The molecule has 5 nitrogen and oxygen atoms in total. The molecular formula is C22H34O5. The van der Waals surface area contributed by atoms with Gasteiger partial charge in [0.15, 0.2) is 0 Å². The van der Waals surface area contributed by atoms with Gasteiger partial charge in [-0.3, -0.25) is 9.59 Å². The van der Waals surface area contributed by atoms with Crippen molar-refractivity contribution in [2.75, 3.05) is 6.61 Å². The topological polar surface area (TPSA) is 83.8 Å². The molecule has 0 aliphatic carbocycles. The van der Waals surface area contributed by atoms with Crippen LogP contribution in [0.5, 0.6) is 5.75 Å². The Morgan fingerprint density at radius 2 is 1.52 bits per heavy atom. The lowest BCUT2D eigenvalue weighted by Gasteiger charge is -2.16. The van der Waals surface area contributed by atoms with Crippen molar-refractivity contribution in [3.63, 3.8) is 0 Å². The van der Waals surface area contributed by atoms with Crippen molar-refractivity contribution in [2.24, 2.45) is 0 Å². The van der Waals surface area contributed by atoms with Crippen LogP contribution >= 0.6 is 0 Å². The molecule has 5 heteroatoms. The number of hydrogen-bond donors (Lipinski definition) is 2. The van der Waals surface area contributed by atoms with E-state index in [1.807, 2.05) is 12.1 Å². The molecule has 0 radical (unpaired) electrons. The van der Waals surface area contributed by atoms with E-state index in [-0.39, 0.29) is 12.8 Å². The van der Waals surface area contributed by atoms with E-state index in [1.165, 1.54) is 24.8 Å². The average molecular weight is 379 g/mol. The number of hydrogen-bond acceptors (Lipinski definition) is 3. The highest BCUT2D eigenvalue weighted by Gasteiger charge is 2.11. The Balaban J connectivity index is 2.68. The maximum absolute atomic E-state index is 10.7. The van der Waals surface area contributed by atoms with Crippen molar-refractivity contribution in [3.05, 3.63) is 29.3 Å². The van der Waals surface area contributed by atoms with Crippen LogP contribution in [0, 0.1) is 0 Å². The molecule has 1 aromatic carbocycles. The highest BCUT2D eigenvalue weighted by atomic mass is 16.5. The number of aryl methyl sites for hydroxylation is 1. The Labute approximate surface area is 162 Å². The monoisotopic (exact) mass is 378 g/mol. The predicted octanol–water partition coefficient (Wildman–Crippen LogP) is 5.24. The normalized spacial score (nSPS) is 10.7. The maximum Gasteiger partial charge on any atom is 0.303 e. The Morgan fingerprint density at radius 1 is 0.852 bits per heavy atom. The van der Waals surface area contributed by atoms with E-state index in [0.29, 0.717) is 19.4 Å². The van der Waals surface area contributed by atoms with Gasteiger partial charge in [0.2, 0.25) is 0 Å². The van der Waals surface area contributed by atoms with Crippen LogP contribution in [0.4, 0.5) is 0 Å². The summed E-state index contributed by atoms with van der Waals surface area (Å²) in [5.74, 6) is -0.616. The van der Waals surface area contributed by atoms with E-state index < -0.39 is 11.9 Å². The first-order valence-corrected chi connectivity index (χ1v) is 10.2. The number of ether oxygens (including phenoxy) is 1. The summed E-state index contributed by atoms with van der Waals surface area (Å²) >= 11 is 0. The number of benzene rings is 1. The maximum atomic E-state index is 10.7. The van der Waals surface area contributed by atoms with Gasteiger partial charge >= 0.3 is 11.9 Å². The fourth-order valence-corrected chi connectivity index (χ4v) is 3.14. The lowest BCUT2D eigenvalue weighted by atomic mass is 9.96. The second-order valence-corrected chi connectivity index (χ2v) is 7.00. The van der Waals surface area contributed by atoms with E-state index in [1.54, 1.807) is 0 Å². The molecule has 0 spiro atoms. The minimum Gasteiger partial charge on any atom is -0.493 e. The van der Waals surface area contributed by atoms with Crippen LogP contribution in [0.25, 0.3) is 0 Å². The summed E-state index contributed by atoms with van der Waals surface area (Å²) in [4.78, 5) is 21.4. The molecule has 0 aliphatic heterocycles. The molecule has 27 heavy (non-hydrogen) atoms. The average Bonchev–Trinajstić information content (AvgIpc) is 2.63. The third kappa shape index (κ3) is 10.6.